The Hall–Kier alpha value is -3.22. The van der Waals surface area contributed by atoms with Crippen LogP contribution < -0.4 is 19.6 Å². The van der Waals surface area contributed by atoms with Crippen LogP contribution in [-0.4, -0.2) is 26.4 Å². The van der Waals surface area contributed by atoms with E-state index < -0.39 is 0 Å². The van der Waals surface area contributed by atoms with Gasteiger partial charge in [0.2, 0.25) is 5.43 Å². The first-order chi connectivity index (χ1) is 15.1. The number of epoxide rings is 1. The lowest BCUT2D eigenvalue weighted by molar-refractivity contribution is 0.260. The van der Waals surface area contributed by atoms with E-state index in [0.29, 0.717) is 57.4 Å². The number of methoxy groups -OCH3 is 1. The summed E-state index contributed by atoms with van der Waals surface area (Å²) < 4.78 is 28.6. The Morgan fingerprint density at radius 2 is 1.90 bits per heavy atom. The maximum absolute atomic E-state index is 13.4. The molecule has 1 fully saturated rings. The minimum atomic E-state index is -0.201. The van der Waals surface area contributed by atoms with Crippen molar-refractivity contribution in [2.45, 2.75) is 12.7 Å². The van der Waals surface area contributed by atoms with Gasteiger partial charge in [-0.25, -0.2) is 0 Å². The van der Waals surface area contributed by atoms with Crippen molar-refractivity contribution in [3.8, 4) is 17.2 Å². The van der Waals surface area contributed by atoms with Crippen LogP contribution in [0.1, 0.15) is 5.56 Å². The molecule has 1 atom stereocenters. The summed E-state index contributed by atoms with van der Waals surface area (Å²) in [5.41, 5.74) is 1.42. The molecule has 0 aliphatic carbocycles. The second kappa shape index (κ2) is 8.13. The van der Waals surface area contributed by atoms with Crippen molar-refractivity contribution in [1.29, 1.82) is 0 Å². The lowest BCUT2D eigenvalue weighted by Crippen LogP contribution is -2.08. The molecule has 1 aliphatic rings. The fourth-order valence-corrected chi connectivity index (χ4v) is 3.63. The van der Waals surface area contributed by atoms with Gasteiger partial charge in [0.05, 0.1) is 19.1 Å². The highest BCUT2D eigenvalue weighted by Gasteiger charge is 2.24. The number of fused-ring (bicyclic) bond motifs is 2. The van der Waals surface area contributed by atoms with E-state index in [9.17, 15) is 4.79 Å². The Kier molecular flexibility index (Phi) is 5.18. The summed E-state index contributed by atoms with van der Waals surface area (Å²) in [6.07, 6.45) is 0.0928. The molecule has 7 heteroatoms. The monoisotopic (exact) mass is 438 g/mol. The van der Waals surface area contributed by atoms with Crippen molar-refractivity contribution in [3.63, 3.8) is 0 Å². The van der Waals surface area contributed by atoms with Crippen LogP contribution in [0.25, 0.3) is 21.9 Å². The van der Waals surface area contributed by atoms with Gasteiger partial charge in [0, 0.05) is 17.2 Å². The Balaban J connectivity index is 1.62. The first-order valence-electron chi connectivity index (χ1n) is 9.81. The van der Waals surface area contributed by atoms with E-state index in [4.69, 9.17) is 35.0 Å². The third kappa shape index (κ3) is 4.04. The summed E-state index contributed by atoms with van der Waals surface area (Å²) in [7, 11) is 1.54. The van der Waals surface area contributed by atoms with Gasteiger partial charge in [0.1, 0.15) is 41.8 Å². The minimum Gasteiger partial charge on any atom is -0.493 e. The molecule has 6 nitrogen and oxygen atoms in total. The summed E-state index contributed by atoms with van der Waals surface area (Å²) in [5, 5.41) is 1.38. The number of ether oxygens (including phenoxy) is 4. The van der Waals surface area contributed by atoms with Gasteiger partial charge in [-0.3, -0.25) is 4.79 Å². The molecule has 158 valence electrons. The normalized spacial score (nSPS) is 15.2. The van der Waals surface area contributed by atoms with Gasteiger partial charge >= 0.3 is 0 Å². The van der Waals surface area contributed by atoms with Gasteiger partial charge in [0.15, 0.2) is 11.3 Å². The van der Waals surface area contributed by atoms with E-state index in [-0.39, 0.29) is 18.1 Å². The van der Waals surface area contributed by atoms with Crippen molar-refractivity contribution < 1.29 is 23.4 Å². The molecule has 0 amide bonds. The third-order valence-electron chi connectivity index (χ3n) is 5.04. The minimum absolute atomic E-state index is 0.0928. The predicted octanol–water partition coefficient (Wildman–Crippen LogP) is 4.96. The first kappa shape index (κ1) is 19.7. The maximum Gasteiger partial charge on any atom is 0.204 e. The summed E-state index contributed by atoms with van der Waals surface area (Å²) in [4.78, 5) is 13.4. The van der Waals surface area contributed by atoms with Gasteiger partial charge in [-0.15, -0.1) is 0 Å². The van der Waals surface area contributed by atoms with Gasteiger partial charge < -0.3 is 23.4 Å². The molecular formula is C24H19ClO6. The zero-order valence-electron chi connectivity index (χ0n) is 16.7. The number of para-hydroxylation sites is 1. The van der Waals surface area contributed by atoms with Gasteiger partial charge in [-0.2, -0.15) is 0 Å². The van der Waals surface area contributed by atoms with Crippen molar-refractivity contribution in [1.82, 2.24) is 0 Å². The molecule has 0 bridgehead atoms. The molecule has 0 saturated carbocycles. The molecular weight excluding hydrogens is 420 g/mol. The van der Waals surface area contributed by atoms with Crippen LogP contribution in [0.3, 0.4) is 0 Å². The molecule has 1 aromatic heterocycles. The Bertz CT molecular complexity index is 1330. The molecule has 1 unspecified atom stereocenters. The summed E-state index contributed by atoms with van der Waals surface area (Å²) >= 11 is 6.08. The molecule has 2 heterocycles. The van der Waals surface area contributed by atoms with E-state index in [0.717, 1.165) is 5.56 Å². The van der Waals surface area contributed by atoms with Crippen LogP contribution in [0.4, 0.5) is 0 Å². The Morgan fingerprint density at radius 3 is 2.68 bits per heavy atom. The lowest BCUT2D eigenvalue weighted by Gasteiger charge is -2.13. The molecule has 5 rings (SSSR count). The van der Waals surface area contributed by atoms with E-state index in [1.807, 2.05) is 18.2 Å². The van der Waals surface area contributed by atoms with Crippen LogP contribution >= 0.6 is 11.6 Å². The SMILES string of the molecule is COc1cccc2c(=O)c3c(OCc4cccc(Cl)c4)cc(OCC4CO4)cc3oc12. The van der Waals surface area contributed by atoms with Crippen LogP contribution in [0.2, 0.25) is 5.02 Å². The van der Waals surface area contributed by atoms with E-state index >= 15 is 0 Å². The van der Waals surface area contributed by atoms with Crippen molar-refractivity contribution in [2.24, 2.45) is 0 Å². The highest BCUT2D eigenvalue weighted by Crippen LogP contribution is 2.34. The number of halogens is 1. The number of hydrogen-bond acceptors (Lipinski definition) is 6. The number of hydrogen-bond donors (Lipinski definition) is 0. The highest BCUT2D eigenvalue weighted by atomic mass is 35.5. The molecule has 0 N–H and O–H groups in total. The quantitative estimate of drug-likeness (QED) is 0.300. The van der Waals surface area contributed by atoms with Gasteiger partial charge in [-0.05, 0) is 29.8 Å². The zero-order chi connectivity index (χ0) is 21.4. The molecule has 0 radical (unpaired) electrons. The van der Waals surface area contributed by atoms with Crippen molar-refractivity contribution >= 4 is 33.5 Å². The fourth-order valence-electron chi connectivity index (χ4n) is 3.41. The van der Waals surface area contributed by atoms with E-state index in [2.05, 4.69) is 0 Å². The fraction of sp³-hybridized carbons (Fsp3) is 0.208. The van der Waals surface area contributed by atoms with E-state index in [1.165, 1.54) is 7.11 Å². The van der Waals surface area contributed by atoms with Crippen LogP contribution in [0.5, 0.6) is 17.2 Å². The van der Waals surface area contributed by atoms with Crippen LogP contribution in [0, 0.1) is 0 Å². The molecule has 31 heavy (non-hydrogen) atoms. The van der Waals surface area contributed by atoms with Gasteiger partial charge in [0.25, 0.3) is 0 Å². The first-order valence-corrected chi connectivity index (χ1v) is 10.2. The topological polar surface area (TPSA) is 70.4 Å². The zero-order valence-corrected chi connectivity index (χ0v) is 17.5. The largest absolute Gasteiger partial charge is 0.493 e. The van der Waals surface area contributed by atoms with E-state index in [1.54, 1.807) is 36.4 Å². The standard InChI is InChI=1S/C24H19ClO6/c1-27-19-7-3-6-18-23(26)22-20(30-11-14-4-2-5-15(25)8-14)9-16(28-12-17-13-29-17)10-21(22)31-24(18)19/h2-10,17H,11-13H2,1H3. The Morgan fingerprint density at radius 1 is 1.06 bits per heavy atom. The van der Waals surface area contributed by atoms with Crippen LogP contribution in [-0.2, 0) is 11.3 Å². The number of benzene rings is 3. The third-order valence-corrected chi connectivity index (χ3v) is 5.28. The summed E-state index contributed by atoms with van der Waals surface area (Å²) in [6.45, 7) is 1.34. The highest BCUT2D eigenvalue weighted by molar-refractivity contribution is 6.30. The predicted molar refractivity (Wildman–Crippen MR) is 118 cm³/mol. The van der Waals surface area contributed by atoms with Gasteiger partial charge in [-0.1, -0.05) is 29.8 Å². The number of rotatable bonds is 7. The second-order valence-corrected chi connectivity index (χ2v) is 7.68. The molecule has 0 spiro atoms. The van der Waals surface area contributed by atoms with Crippen LogP contribution in [0.15, 0.2) is 63.8 Å². The van der Waals surface area contributed by atoms with Crippen molar-refractivity contribution in [2.75, 3.05) is 20.3 Å². The van der Waals surface area contributed by atoms with Crippen molar-refractivity contribution in [3.05, 3.63) is 75.4 Å². The average molecular weight is 439 g/mol. The smallest absolute Gasteiger partial charge is 0.204 e. The summed E-state index contributed by atoms with van der Waals surface area (Å²) in [6, 6.07) is 16.0. The summed E-state index contributed by atoms with van der Waals surface area (Å²) in [5.74, 6) is 1.39. The second-order valence-electron chi connectivity index (χ2n) is 7.25. The lowest BCUT2D eigenvalue weighted by atomic mass is 10.1. The average Bonchev–Trinajstić information content (AvgIpc) is 3.60. The molecule has 4 aromatic rings. The maximum atomic E-state index is 13.4. The Labute approximate surface area is 182 Å². The molecule has 1 saturated heterocycles. The molecule has 1 aliphatic heterocycles. The molecule has 3 aromatic carbocycles.